The Morgan fingerprint density at radius 1 is 0.604 bits per heavy atom. The third-order valence-electron chi connectivity index (χ3n) is 7.53. The van der Waals surface area contributed by atoms with Crippen LogP contribution in [0.3, 0.4) is 0 Å². The number of allylic oxidation sites excluding steroid dienone is 16. The van der Waals surface area contributed by atoms with Crippen LogP contribution < -0.4 is 5.73 Å². The Kier molecular flexibility index (Phi) is 36.4. The zero-order valence-corrected chi connectivity index (χ0v) is 33.6. The number of carbonyl (C=O) groups excluding carboxylic acids is 2. The van der Waals surface area contributed by atoms with Gasteiger partial charge in [-0.15, -0.1) is 0 Å². The van der Waals surface area contributed by atoms with Gasteiger partial charge in [0.1, 0.15) is 6.61 Å². The summed E-state index contributed by atoms with van der Waals surface area (Å²) in [5.41, 5.74) is 5.33. The van der Waals surface area contributed by atoms with Crippen molar-refractivity contribution in [3.63, 3.8) is 0 Å². The van der Waals surface area contributed by atoms with Crippen LogP contribution in [-0.2, 0) is 32.7 Å². The van der Waals surface area contributed by atoms with Crippen LogP contribution in [-0.4, -0.2) is 49.3 Å². The van der Waals surface area contributed by atoms with Crippen molar-refractivity contribution in [2.75, 3.05) is 26.4 Å². The van der Waals surface area contributed by atoms with E-state index in [1.807, 2.05) is 30.4 Å². The van der Waals surface area contributed by atoms with Gasteiger partial charge in [-0.05, 0) is 70.6 Å². The molecule has 0 aromatic heterocycles. The lowest BCUT2D eigenvalue weighted by molar-refractivity contribution is -0.161. The van der Waals surface area contributed by atoms with Gasteiger partial charge in [-0.3, -0.25) is 18.6 Å². The summed E-state index contributed by atoms with van der Waals surface area (Å²) >= 11 is 0. The summed E-state index contributed by atoms with van der Waals surface area (Å²) in [4.78, 5) is 34.8. The highest BCUT2D eigenvalue weighted by Gasteiger charge is 2.25. The standard InChI is InChI=1S/C43H70NO8P/c1-3-5-7-9-11-13-15-17-19-20-22-23-25-27-29-31-33-35-42(45)49-39-41(40-51-53(47,48)50-38-37-44)52-43(46)36-34-32-30-28-26-24-21-18-16-14-12-10-8-6-4-2/h6-10,12-16,18-21,23,25,41H,3-5,11,17,22,24,26-40,44H2,1-2H3,(H,47,48)/b8-6+,9-7+,12-10+,15-13+,16-14+,20-19+,21-18+,25-23+/t41-/m1/s1. The summed E-state index contributed by atoms with van der Waals surface area (Å²) in [5.74, 6) is -0.905. The fourth-order valence-electron chi connectivity index (χ4n) is 4.63. The molecule has 2 atom stereocenters. The number of hydrogen-bond acceptors (Lipinski definition) is 8. The molecule has 300 valence electrons. The zero-order chi connectivity index (χ0) is 38.9. The van der Waals surface area contributed by atoms with E-state index in [0.717, 1.165) is 83.5 Å². The van der Waals surface area contributed by atoms with E-state index in [1.165, 1.54) is 6.42 Å². The zero-order valence-electron chi connectivity index (χ0n) is 32.7. The molecule has 53 heavy (non-hydrogen) atoms. The van der Waals surface area contributed by atoms with Gasteiger partial charge in [0.15, 0.2) is 6.10 Å². The normalized spacial score (nSPS) is 14.4. The van der Waals surface area contributed by atoms with Gasteiger partial charge in [0.25, 0.3) is 0 Å². The molecule has 1 unspecified atom stereocenters. The second-order valence-electron chi connectivity index (χ2n) is 12.5. The van der Waals surface area contributed by atoms with Crippen LogP contribution in [0, 0.1) is 0 Å². The molecule has 0 radical (unpaired) electrons. The molecular formula is C43H70NO8P. The van der Waals surface area contributed by atoms with Crippen LogP contribution >= 0.6 is 7.82 Å². The van der Waals surface area contributed by atoms with Crippen LogP contribution in [0.1, 0.15) is 129 Å². The Morgan fingerprint density at radius 2 is 1.11 bits per heavy atom. The Hall–Kier alpha value is -3.07. The molecule has 0 aromatic carbocycles. The molecule has 0 saturated carbocycles. The smallest absolute Gasteiger partial charge is 0.462 e. The van der Waals surface area contributed by atoms with E-state index in [-0.39, 0.29) is 32.6 Å². The maximum Gasteiger partial charge on any atom is 0.472 e. The molecule has 0 aliphatic carbocycles. The first-order valence-corrected chi connectivity index (χ1v) is 21.3. The fourth-order valence-corrected chi connectivity index (χ4v) is 5.40. The quantitative estimate of drug-likeness (QED) is 0.0213. The van der Waals surface area contributed by atoms with E-state index in [4.69, 9.17) is 24.3 Å². The molecule has 0 aliphatic rings. The minimum absolute atomic E-state index is 0.0384. The lowest BCUT2D eigenvalue weighted by Gasteiger charge is -2.19. The number of phosphoric acid groups is 1. The van der Waals surface area contributed by atoms with E-state index in [2.05, 4.69) is 80.7 Å². The minimum atomic E-state index is -4.40. The van der Waals surface area contributed by atoms with E-state index in [9.17, 15) is 19.0 Å². The number of ether oxygens (including phenoxy) is 2. The van der Waals surface area contributed by atoms with E-state index >= 15 is 0 Å². The van der Waals surface area contributed by atoms with Crippen molar-refractivity contribution >= 4 is 19.8 Å². The molecule has 0 amide bonds. The maximum absolute atomic E-state index is 12.5. The van der Waals surface area contributed by atoms with Gasteiger partial charge in [-0.1, -0.05) is 143 Å². The monoisotopic (exact) mass is 759 g/mol. The lowest BCUT2D eigenvalue weighted by atomic mass is 10.1. The lowest BCUT2D eigenvalue weighted by Crippen LogP contribution is -2.29. The first kappa shape index (κ1) is 49.9. The summed E-state index contributed by atoms with van der Waals surface area (Å²) in [6, 6.07) is 0. The Morgan fingerprint density at radius 3 is 1.74 bits per heavy atom. The van der Waals surface area contributed by atoms with Gasteiger partial charge >= 0.3 is 19.8 Å². The predicted molar refractivity (Wildman–Crippen MR) is 219 cm³/mol. The first-order valence-electron chi connectivity index (χ1n) is 19.8. The molecule has 0 saturated heterocycles. The molecule has 0 heterocycles. The summed E-state index contributed by atoms with van der Waals surface area (Å²) < 4.78 is 32.6. The van der Waals surface area contributed by atoms with Gasteiger partial charge < -0.3 is 20.1 Å². The third kappa shape index (κ3) is 38.5. The van der Waals surface area contributed by atoms with Crippen molar-refractivity contribution in [3.05, 3.63) is 97.2 Å². The molecule has 0 aliphatic heterocycles. The summed E-state index contributed by atoms with van der Waals surface area (Å²) in [7, 11) is -4.40. The number of phosphoric ester groups is 1. The third-order valence-corrected chi connectivity index (χ3v) is 8.51. The minimum Gasteiger partial charge on any atom is -0.462 e. The highest BCUT2D eigenvalue weighted by atomic mass is 31.2. The molecule has 0 rings (SSSR count). The van der Waals surface area contributed by atoms with Crippen molar-refractivity contribution in [1.82, 2.24) is 0 Å². The summed E-state index contributed by atoms with van der Waals surface area (Å²) in [5, 5.41) is 0. The van der Waals surface area contributed by atoms with Gasteiger partial charge in [-0.2, -0.15) is 0 Å². The number of nitrogens with two attached hydrogens (primary N) is 1. The fraction of sp³-hybridized carbons (Fsp3) is 0.581. The molecule has 0 fully saturated rings. The van der Waals surface area contributed by atoms with Crippen LogP contribution in [0.4, 0.5) is 0 Å². The summed E-state index contributed by atoms with van der Waals surface area (Å²) in [6.07, 6.45) is 48.6. The molecule has 3 N–H and O–H groups in total. The molecular weight excluding hydrogens is 689 g/mol. The number of carbonyl (C=O) groups is 2. The van der Waals surface area contributed by atoms with Crippen LogP contribution in [0.2, 0.25) is 0 Å². The van der Waals surface area contributed by atoms with Crippen molar-refractivity contribution in [3.8, 4) is 0 Å². The van der Waals surface area contributed by atoms with Crippen molar-refractivity contribution in [1.29, 1.82) is 0 Å². The van der Waals surface area contributed by atoms with E-state index in [1.54, 1.807) is 0 Å². The Labute approximate surface area is 321 Å². The molecule has 10 heteroatoms. The van der Waals surface area contributed by atoms with E-state index < -0.39 is 32.5 Å². The number of esters is 2. The predicted octanol–water partition coefficient (Wildman–Crippen LogP) is 11.0. The maximum atomic E-state index is 12.5. The van der Waals surface area contributed by atoms with Crippen LogP contribution in [0.5, 0.6) is 0 Å². The van der Waals surface area contributed by atoms with Crippen molar-refractivity contribution in [2.24, 2.45) is 5.73 Å². The Bertz CT molecular complexity index is 1180. The highest BCUT2D eigenvalue weighted by molar-refractivity contribution is 7.47. The first-order chi connectivity index (χ1) is 25.8. The van der Waals surface area contributed by atoms with Crippen LogP contribution in [0.15, 0.2) is 97.2 Å². The average Bonchev–Trinajstić information content (AvgIpc) is 3.14. The molecule has 0 aromatic rings. The van der Waals surface area contributed by atoms with Gasteiger partial charge in [0, 0.05) is 19.4 Å². The van der Waals surface area contributed by atoms with Crippen molar-refractivity contribution < 1.29 is 37.6 Å². The second-order valence-corrected chi connectivity index (χ2v) is 14.0. The molecule has 0 bridgehead atoms. The SMILES string of the molecule is CC/C=C/C=C/C=C/C=C/CCCCCCCC(=O)O[C@H](COC(=O)CCCCC/C=C/C/C=C/C/C=C/C/C=C/CCC)COP(=O)(O)OCCN. The second kappa shape index (κ2) is 38.6. The van der Waals surface area contributed by atoms with Crippen molar-refractivity contribution in [2.45, 2.75) is 136 Å². The number of hydrogen-bond donors (Lipinski definition) is 2. The van der Waals surface area contributed by atoms with Gasteiger partial charge in [0.2, 0.25) is 0 Å². The average molecular weight is 760 g/mol. The summed E-state index contributed by atoms with van der Waals surface area (Å²) in [6.45, 7) is 3.42. The topological polar surface area (TPSA) is 134 Å². The Balaban J connectivity index is 4.34. The molecule has 0 spiro atoms. The van der Waals surface area contributed by atoms with Gasteiger partial charge in [0.05, 0.1) is 13.2 Å². The largest absolute Gasteiger partial charge is 0.472 e. The number of unbranched alkanes of at least 4 members (excludes halogenated alkanes) is 9. The molecule has 9 nitrogen and oxygen atoms in total. The van der Waals surface area contributed by atoms with Crippen LogP contribution in [0.25, 0.3) is 0 Å². The van der Waals surface area contributed by atoms with E-state index in [0.29, 0.717) is 12.8 Å². The number of rotatable bonds is 35. The highest BCUT2D eigenvalue weighted by Crippen LogP contribution is 2.43. The van der Waals surface area contributed by atoms with Gasteiger partial charge in [-0.25, -0.2) is 4.57 Å².